The second-order valence-corrected chi connectivity index (χ2v) is 9.61. The third-order valence-electron chi connectivity index (χ3n) is 7.04. The van der Waals surface area contributed by atoms with Crippen molar-refractivity contribution in [3.8, 4) is 0 Å². The van der Waals surface area contributed by atoms with Crippen molar-refractivity contribution in [2.45, 2.75) is 0 Å². The third kappa shape index (κ3) is 4.49. The van der Waals surface area contributed by atoms with Gasteiger partial charge in [-0.1, -0.05) is 78.9 Å². The van der Waals surface area contributed by atoms with Crippen molar-refractivity contribution in [3.05, 3.63) is 164 Å². The molecule has 0 atom stereocenters. The van der Waals surface area contributed by atoms with Gasteiger partial charge in [0, 0.05) is 45.3 Å². The Morgan fingerprint density at radius 2 is 0.875 bits per heavy atom. The molecular weight excluding hydrogens is 486 g/mol. The van der Waals surface area contributed by atoms with E-state index < -0.39 is 0 Å². The summed E-state index contributed by atoms with van der Waals surface area (Å²) in [4.78, 5) is 9.66. The van der Waals surface area contributed by atoms with Gasteiger partial charge in [0.1, 0.15) is 0 Å². The molecule has 188 valence electrons. The highest BCUT2D eigenvalue weighted by Gasteiger charge is 2.15. The zero-order chi connectivity index (χ0) is 26.7. The molecule has 0 bridgehead atoms. The molecule has 0 aliphatic carbocycles. The highest BCUT2D eigenvalue weighted by molar-refractivity contribution is 5.97. The van der Waals surface area contributed by atoms with Gasteiger partial charge in [-0.05, 0) is 78.9 Å². The van der Waals surface area contributed by atoms with Gasteiger partial charge < -0.3 is 9.80 Å². The maximum Gasteiger partial charge on any atom is 0.0730 e. The van der Waals surface area contributed by atoms with Gasteiger partial charge in [0.15, 0.2) is 0 Å². The standard InChI is InChI=1S/C37H25N3/c1-5-13-30(14-6-1)39(31-15-7-2-8-16-31)34-23-21-28-25-29-22-24-35(27-37(29)38-36(28)26-34)40(32-17-9-3-10-18-32)33-19-11-4-12-20-33/h1-3,5-11,13-27H. The highest BCUT2D eigenvalue weighted by atomic mass is 15.1. The van der Waals surface area contributed by atoms with Crippen molar-refractivity contribution < 1.29 is 0 Å². The number of para-hydroxylation sites is 3. The van der Waals surface area contributed by atoms with E-state index in [1.165, 1.54) is 0 Å². The van der Waals surface area contributed by atoms with Gasteiger partial charge >= 0.3 is 0 Å². The van der Waals surface area contributed by atoms with Gasteiger partial charge in [-0.25, -0.2) is 4.98 Å². The van der Waals surface area contributed by atoms with E-state index in [1.54, 1.807) is 0 Å². The number of aromatic nitrogens is 1. The van der Waals surface area contributed by atoms with Crippen LogP contribution in [0.25, 0.3) is 21.8 Å². The Labute approximate surface area is 234 Å². The Kier molecular flexibility index (Phi) is 6.05. The lowest BCUT2D eigenvalue weighted by atomic mass is 10.1. The van der Waals surface area contributed by atoms with Crippen molar-refractivity contribution in [1.29, 1.82) is 0 Å². The summed E-state index contributed by atoms with van der Waals surface area (Å²) in [5, 5.41) is 2.21. The Hall–Kier alpha value is -5.59. The lowest BCUT2D eigenvalue weighted by molar-refractivity contribution is 1.28. The van der Waals surface area contributed by atoms with Crippen molar-refractivity contribution >= 4 is 55.9 Å². The molecule has 0 unspecified atom stereocenters. The molecule has 7 aromatic rings. The van der Waals surface area contributed by atoms with Gasteiger partial charge in [-0.2, -0.15) is 0 Å². The fraction of sp³-hybridized carbons (Fsp3) is 0. The molecule has 7 rings (SSSR count). The van der Waals surface area contributed by atoms with Crippen LogP contribution < -0.4 is 9.80 Å². The van der Waals surface area contributed by atoms with E-state index in [4.69, 9.17) is 4.98 Å². The number of benzene rings is 5. The first-order chi connectivity index (χ1) is 19.8. The molecule has 0 fully saturated rings. The lowest BCUT2D eigenvalue weighted by Gasteiger charge is -2.26. The summed E-state index contributed by atoms with van der Waals surface area (Å²) < 4.78 is 0. The van der Waals surface area contributed by atoms with E-state index in [2.05, 4.69) is 143 Å². The first kappa shape index (κ1) is 23.5. The monoisotopic (exact) mass is 511 g/mol. The molecule has 0 saturated heterocycles. The van der Waals surface area contributed by atoms with E-state index in [0.29, 0.717) is 0 Å². The van der Waals surface area contributed by atoms with Gasteiger partial charge in [-0.3, -0.25) is 0 Å². The summed E-state index contributed by atoms with van der Waals surface area (Å²) in [6, 6.07) is 58.5. The Morgan fingerprint density at radius 3 is 1.32 bits per heavy atom. The summed E-state index contributed by atoms with van der Waals surface area (Å²) >= 11 is 0. The number of anilines is 6. The number of pyridine rings is 1. The second kappa shape index (κ2) is 10.3. The molecule has 40 heavy (non-hydrogen) atoms. The van der Waals surface area contributed by atoms with Crippen LogP contribution in [0, 0.1) is 12.1 Å². The van der Waals surface area contributed by atoms with Crippen molar-refractivity contribution in [2.75, 3.05) is 9.80 Å². The van der Waals surface area contributed by atoms with E-state index in [-0.39, 0.29) is 0 Å². The summed E-state index contributed by atoms with van der Waals surface area (Å²) in [6.07, 6.45) is 0. The lowest BCUT2D eigenvalue weighted by Crippen LogP contribution is -2.10. The minimum Gasteiger partial charge on any atom is -0.310 e. The number of hydrogen-bond acceptors (Lipinski definition) is 3. The smallest absolute Gasteiger partial charge is 0.0730 e. The molecule has 0 spiro atoms. The van der Waals surface area contributed by atoms with E-state index in [0.717, 1.165) is 55.9 Å². The molecule has 0 saturated carbocycles. The maximum absolute atomic E-state index is 5.17. The van der Waals surface area contributed by atoms with Crippen LogP contribution in [0.1, 0.15) is 0 Å². The number of rotatable bonds is 6. The zero-order valence-electron chi connectivity index (χ0n) is 21.8. The second-order valence-electron chi connectivity index (χ2n) is 9.61. The van der Waals surface area contributed by atoms with E-state index in [1.807, 2.05) is 30.3 Å². The predicted octanol–water partition coefficient (Wildman–Crippen LogP) is 9.93. The van der Waals surface area contributed by atoms with Crippen LogP contribution in [-0.2, 0) is 0 Å². The Bertz CT molecular complexity index is 1670. The molecule has 0 aliphatic heterocycles. The number of hydrogen-bond donors (Lipinski definition) is 0. The van der Waals surface area contributed by atoms with Crippen molar-refractivity contribution in [1.82, 2.24) is 4.98 Å². The largest absolute Gasteiger partial charge is 0.310 e. The first-order valence-corrected chi connectivity index (χ1v) is 13.3. The average Bonchev–Trinajstić information content (AvgIpc) is 3.02. The molecule has 1 aromatic heterocycles. The Balaban J connectivity index is 1.36. The van der Waals surface area contributed by atoms with E-state index >= 15 is 0 Å². The summed E-state index contributed by atoms with van der Waals surface area (Å²) in [5.41, 5.74) is 8.30. The van der Waals surface area contributed by atoms with Crippen LogP contribution in [0.4, 0.5) is 34.1 Å². The van der Waals surface area contributed by atoms with Crippen LogP contribution in [-0.4, -0.2) is 4.98 Å². The number of fused-ring (bicyclic) bond motifs is 2. The molecule has 0 amide bonds. The SMILES string of the molecule is c1ccc(N(c2ccccc2)c2ccc3cc4ccc(N(c5ccccc5)c5ccccc5)cc4nc3c2)cc#1. The summed E-state index contributed by atoms with van der Waals surface area (Å²) in [7, 11) is 0. The maximum atomic E-state index is 5.17. The van der Waals surface area contributed by atoms with Crippen LogP contribution in [0.15, 0.2) is 152 Å². The molecule has 1 heterocycles. The summed E-state index contributed by atoms with van der Waals surface area (Å²) in [6.45, 7) is 0. The van der Waals surface area contributed by atoms with Gasteiger partial charge in [-0.15, -0.1) is 0 Å². The van der Waals surface area contributed by atoms with Crippen LogP contribution >= 0.6 is 0 Å². The van der Waals surface area contributed by atoms with Gasteiger partial charge in [0.2, 0.25) is 0 Å². The normalized spacial score (nSPS) is 10.8. The molecule has 0 N–H and O–H groups in total. The van der Waals surface area contributed by atoms with Crippen LogP contribution in [0.2, 0.25) is 0 Å². The topological polar surface area (TPSA) is 19.4 Å². The molecule has 0 radical (unpaired) electrons. The average molecular weight is 512 g/mol. The minimum absolute atomic E-state index is 0.945. The fourth-order valence-corrected chi connectivity index (χ4v) is 5.18. The van der Waals surface area contributed by atoms with Gasteiger partial charge in [0.05, 0.1) is 16.7 Å². The molecular formula is C37H25N3. The molecule has 6 aromatic carbocycles. The third-order valence-corrected chi connectivity index (χ3v) is 7.04. The summed E-state index contributed by atoms with van der Waals surface area (Å²) in [5.74, 6) is 0. The predicted molar refractivity (Wildman–Crippen MR) is 166 cm³/mol. The quantitative estimate of drug-likeness (QED) is 0.207. The number of nitrogens with zero attached hydrogens (tertiary/aromatic N) is 3. The van der Waals surface area contributed by atoms with Crippen molar-refractivity contribution in [2.24, 2.45) is 0 Å². The molecule has 3 nitrogen and oxygen atoms in total. The Morgan fingerprint density at radius 1 is 0.400 bits per heavy atom. The van der Waals surface area contributed by atoms with E-state index in [9.17, 15) is 0 Å². The van der Waals surface area contributed by atoms with Crippen molar-refractivity contribution in [3.63, 3.8) is 0 Å². The zero-order valence-corrected chi connectivity index (χ0v) is 21.8. The first-order valence-electron chi connectivity index (χ1n) is 13.3. The molecule has 0 aliphatic rings. The van der Waals surface area contributed by atoms with Gasteiger partial charge in [0.25, 0.3) is 0 Å². The highest BCUT2D eigenvalue weighted by Crippen LogP contribution is 2.38. The minimum atomic E-state index is 0.945. The van der Waals surface area contributed by atoms with Crippen LogP contribution in [0.3, 0.4) is 0 Å². The van der Waals surface area contributed by atoms with Crippen LogP contribution in [0.5, 0.6) is 0 Å². The molecule has 3 heteroatoms. The fourth-order valence-electron chi connectivity index (χ4n) is 5.18.